The van der Waals surface area contributed by atoms with E-state index in [1.54, 1.807) is 7.11 Å². The van der Waals surface area contributed by atoms with Crippen LogP contribution in [0.4, 0.5) is 0 Å². The van der Waals surface area contributed by atoms with Crippen molar-refractivity contribution in [2.45, 2.75) is 20.0 Å². The highest BCUT2D eigenvalue weighted by Gasteiger charge is 2.06. The summed E-state index contributed by atoms with van der Waals surface area (Å²) < 4.78 is 10.6. The van der Waals surface area contributed by atoms with Crippen LogP contribution in [0.25, 0.3) is 0 Å². The van der Waals surface area contributed by atoms with Crippen LogP contribution in [-0.2, 0) is 4.74 Å². The fraction of sp³-hybridized carbons (Fsp3) is 0.600. The van der Waals surface area contributed by atoms with Crippen LogP contribution in [0.15, 0.2) is 24.3 Å². The quantitative estimate of drug-likeness (QED) is 0.713. The summed E-state index contributed by atoms with van der Waals surface area (Å²) in [6, 6.07) is 7.82. The highest BCUT2D eigenvalue weighted by molar-refractivity contribution is 5.27. The summed E-state index contributed by atoms with van der Waals surface area (Å²) in [6.45, 7) is 6.50. The first-order valence-electron chi connectivity index (χ1n) is 6.69. The lowest BCUT2D eigenvalue weighted by Gasteiger charge is -2.15. The van der Waals surface area contributed by atoms with Crippen molar-refractivity contribution in [3.05, 3.63) is 29.8 Å². The summed E-state index contributed by atoms with van der Waals surface area (Å²) in [6.07, 6.45) is -0.504. The maximum atomic E-state index is 9.80. The number of hydrogen-bond donors (Lipinski definition) is 2. The second-order valence-electron chi connectivity index (χ2n) is 5.00. The molecule has 0 fully saturated rings. The van der Waals surface area contributed by atoms with E-state index < -0.39 is 6.10 Å². The second kappa shape index (κ2) is 8.91. The summed E-state index contributed by atoms with van der Waals surface area (Å²) in [7, 11) is 1.70. The third kappa shape index (κ3) is 7.15. The minimum absolute atomic E-state index is 0.301. The number of aliphatic hydroxyl groups excluding tert-OH is 1. The highest BCUT2D eigenvalue weighted by Crippen LogP contribution is 2.12. The lowest BCUT2D eigenvalue weighted by atomic mass is 10.2. The van der Waals surface area contributed by atoms with Crippen LogP contribution in [0.2, 0.25) is 0 Å². The Balaban J connectivity index is 2.16. The van der Waals surface area contributed by atoms with Crippen molar-refractivity contribution >= 4 is 0 Å². The molecule has 1 aromatic rings. The van der Waals surface area contributed by atoms with Gasteiger partial charge in [-0.25, -0.2) is 0 Å². The van der Waals surface area contributed by atoms with Crippen molar-refractivity contribution in [3.8, 4) is 5.75 Å². The molecule has 4 nitrogen and oxygen atoms in total. The fourth-order valence-corrected chi connectivity index (χ4v) is 1.80. The minimum Gasteiger partial charge on any atom is -0.491 e. The molecule has 0 saturated heterocycles. The number of aliphatic hydroxyl groups is 1. The number of rotatable bonds is 9. The Hall–Kier alpha value is -1.10. The van der Waals surface area contributed by atoms with E-state index in [2.05, 4.69) is 12.2 Å². The molecule has 108 valence electrons. The van der Waals surface area contributed by atoms with Crippen molar-refractivity contribution in [1.82, 2.24) is 5.32 Å². The molecule has 2 atom stereocenters. The third-order valence-corrected chi connectivity index (χ3v) is 2.76. The van der Waals surface area contributed by atoms with Gasteiger partial charge in [-0.1, -0.05) is 19.1 Å². The summed E-state index contributed by atoms with van der Waals surface area (Å²) in [4.78, 5) is 0. The van der Waals surface area contributed by atoms with Gasteiger partial charge in [0.2, 0.25) is 0 Å². The zero-order valence-corrected chi connectivity index (χ0v) is 12.1. The lowest BCUT2D eigenvalue weighted by molar-refractivity contribution is 0.102. The van der Waals surface area contributed by atoms with Crippen molar-refractivity contribution in [3.63, 3.8) is 0 Å². The Morgan fingerprint density at radius 1 is 1.26 bits per heavy atom. The van der Waals surface area contributed by atoms with Gasteiger partial charge in [0.25, 0.3) is 0 Å². The molecule has 0 amide bonds. The van der Waals surface area contributed by atoms with Gasteiger partial charge >= 0.3 is 0 Å². The molecule has 2 N–H and O–H groups in total. The van der Waals surface area contributed by atoms with E-state index in [-0.39, 0.29) is 0 Å². The third-order valence-electron chi connectivity index (χ3n) is 2.76. The molecule has 4 heteroatoms. The number of nitrogens with one attached hydrogen (secondary N) is 1. The molecule has 0 heterocycles. The number of aryl methyl sites for hydroxylation is 1. The van der Waals surface area contributed by atoms with Gasteiger partial charge in [0.1, 0.15) is 18.5 Å². The molecule has 0 aliphatic rings. The smallest absolute Gasteiger partial charge is 0.119 e. The van der Waals surface area contributed by atoms with Crippen molar-refractivity contribution in [2.24, 2.45) is 5.92 Å². The van der Waals surface area contributed by atoms with Gasteiger partial charge in [-0.3, -0.25) is 0 Å². The number of ether oxygens (including phenoxy) is 2. The van der Waals surface area contributed by atoms with E-state index in [0.717, 1.165) is 24.5 Å². The molecular formula is C15H25NO3. The monoisotopic (exact) mass is 267 g/mol. The number of methoxy groups -OCH3 is 1. The topological polar surface area (TPSA) is 50.7 Å². The fourth-order valence-electron chi connectivity index (χ4n) is 1.80. The van der Waals surface area contributed by atoms with E-state index in [1.165, 1.54) is 0 Å². The van der Waals surface area contributed by atoms with Crippen molar-refractivity contribution < 1.29 is 14.6 Å². The zero-order chi connectivity index (χ0) is 14.1. The van der Waals surface area contributed by atoms with Crippen LogP contribution < -0.4 is 10.1 Å². The molecule has 0 saturated carbocycles. The Labute approximate surface area is 115 Å². The van der Waals surface area contributed by atoms with Gasteiger partial charge in [0.05, 0.1) is 0 Å². The first kappa shape index (κ1) is 16.0. The molecule has 0 spiro atoms. The molecule has 0 aliphatic carbocycles. The maximum absolute atomic E-state index is 9.80. The van der Waals surface area contributed by atoms with Crippen LogP contribution in [0.1, 0.15) is 12.5 Å². The lowest BCUT2D eigenvalue weighted by Crippen LogP contribution is -2.34. The second-order valence-corrected chi connectivity index (χ2v) is 5.00. The highest BCUT2D eigenvalue weighted by atomic mass is 16.5. The Kier molecular flexibility index (Phi) is 7.48. The van der Waals surface area contributed by atoms with E-state index in [0.29, 0.717) is 19.1 Å². The molecule has 0 bridgehead atoms. The van der Waals surface area contributed by atoms with E-state index in [9.17, 15) is 5.11 Å². The Morgan fingerprint density at radius 2 is 2.05 bits per heavy atom. The summed E-state index contributed by atoms with van der Waals surface area (Å²) in [5.74, 6) is 1.24. The normalized spacial score (nSPS) is 14.1. The van der Waals surface area contributed by atoms with Crippen LogP contribution >= 0.6 is 0 Å². The van der Waals surface area contributed by atoms with Crippen LogP contribution in [0.3, 0.4) is 0 Å². The standard InChI is InChI=1S/C15H25NO3/c1-12-5-4-6-15(7-12)19-11-14(17)9-16-8-13(2)10-18-3/h4-7,13-14,16-17H,8-11H2,1-3H3. The molecule has 1 rings (SSSR count). The SMILES string of the molecule is COCC(C)CNCC(O)COc1cccc(C)c1. The predicted octanol–water partition coefficient (Wildman–Crippen LogP) is 1.61. The molecule has 0 aliphatic heterocycles. The van der Waals surface area contributed by atoms with Crippen LogP contribution in [-0.4, -0.2) is 44.6 Å². The number of benzene rings is 1. The molecular weight excluding hydrogens is 242 g/mol. The van der Waals surface area contributed by atoms with Crippen molar-refractivity contribution in [2.75, 3.05) is 33.4 Å². The average Bonchev–Trinajstić information content (AvgIpc) is 2.37. The van der Waals surface area contributed by atoms with Crippen molar-refractivity contribution in [1.29, 1.82) is 0 Å². The molecule has 0 aromatic heterocycles. The molecule has 1 aromatic carbocycles. The van der Waals surface area contributed by atoms with Gasteiger partial charge in [-0.05, 0) is 37.1 Å². The van der Waals surface area contributed by atoms with Crippen LogP contribution in [0.5, 0.6) is 5.75 Å². The molecule has 2 unspecified atom stereocenters. The first-order valence-corrected chi connectivity index (χ1v) is 6.69. The van der Waals surface area contributed by atoms with Gasteiger partial charge in [-0.15, -0.1) is 0 Å². The Morgan fingerprint density at radius 3 is 2.74 bits per heavy atom. The summed E-state index contributed by atoms with van der Waals surface area (Å²) in [5, 5.41) is 13.0. The van der Waals surface area contributed by atoms with E-state index in [1.807, 2.05) is 31.2 Å². The largest absolute Gasteiger partial charge is 0.491 e. The number of hydrogen-bond acceptors (Lipinski definition) is 4. The first-order chi connectivity index (χ1) is 9.11. The van der Waals surface area contributed by atoms with E-state index >= 15 is 0 Å². The molecule has 0 radical (unpaired) electrons. The van der Waals surface area contributed by atoms with Crippen LogP contribution in [0, 0.1) is 12.8 Å². The molecule has 19 heavy (non-hydrogen) atoms. The minimum atomic E-state index is -0.504. The average molecular weight is 267 g/mol. The Bertz CT molecular complexity index is 357. The van der Waals surface area contributed by atoms with Gasteiger partial charge in [-0.2, -0.15) is 0 Å². The summed E-state index contributed by atoms with van der Waals surface area (Å²) >= 11 is 0. The van der Waals surface area contributed by atoms with Gasteiger partial charge in [0, 0.05) is 20.3 Å². The predicted molar refractivity (Wildman–Crippen MR) is 76.6 cm³/mol. The summed E-state index contributed by atoms with van der Waals surface area (Å²) in [5.41, 5.74) is 1.15. The van der Waals surface area contributed by atoms with Gasteiger partial charge < -0.3 is 19.9 Å². The maximum Gasteiger partial charge on any atom is 0.119 e. The van der Waals surface area contributed by atoms with E-state index in [4.69, 9.17) is 9.47 Å². The zero-order valence-electron chi connectivity index (χ0n) is 12.1. The van der Waals surface area contributed by atoms with Gasteiger partial charge in [0.15, 0.2) is 0 Å².